The van der Waals surface area contributed by atoms with Crippen molar-refractivity contribution in [3.05, 3.63) is 33.9 Å². The predicted molar refractivity (Wildman–Crippen MR) is 97.5 cm³/mol. The van der Waals surface area contributed by atoms with Crippen molar-refractivity contribution in [1.29, 1.82) is 0 Å². The maximum Gasteiger partial charge on any atom is 0.326 e. The summed E-state index contributed by atoms with van der Waals surface area (Å²) in [5.74, 6) is -1.73. The van der Waals surface area contributed by atoms with Crippen LogP contribution in [0.4, 0.5) is 0 Å². The number of carboxylic acids is 1. The van der Waals surface area contributed by atoms with Gasteiger partial charge in [-0.2, -0.15) is 0 Å². The molecule has 1 unspecified atom stereocenters. The van der Waals surface area contributed by atoms with Crippen LogP contribution in [0, 0.1) is 0 Å². The molecule has 8 heteroatoms. The number of fused-ring (bicyclic) bond motifs is 1. The van der Waals surface area contributed by atoms with Gasteiger partial charge in [-0.05, 0) is 39.0 Å². The van der Waals surface area contributed by atoms with Crippen molar-refractivity contribution < 1.29 is 19.4 Å². The van der Waals surface area contributed by atoms with E-state index in [9.17, 15) is 14.7 Å². The van der Waals surface area contributed by atoms with Gasteiger partial charge in [0.15, 0.2) is 0 Å². The van der Waals surface area contributed by atoms with Crippen LogP contribution in [0.25, 0.3) is 10.9 Å². The number of carbonyl (C=O) groups excluding carboxylic acids is 1. The molecule has 1 amide bonds. The van der Waals surface area contributed by atoms with Crippen LogP contribution in [0.5, 0.6) is 0 Å². The Kier molecular flexibility index (Phi) is 5.98. The van der Waals surface area contributed by atoms with Crippen molar-refractivity contribution in [2.24, 2.45) is 0 Å². The SMILES string of the molecule is CC(C)(C)OCCC(NC(=O)c1[nH]c2ccc(Cl)cc2c1Cl)C(=O)O. The number of nitrogens with one attached hydrogen (secondary N) is 2. The van der Waals surface area contributed by atoms with E-state index < -0.39 is 17.9 Å². The Balaban J connectivity index is 2.13. The fourth-order valence-corrected chi connectivity index (χ4v) is 2.72. The van der Waals surface area contributed by atoms with Gasteiger partial charge < -0.3 is 20.1 Å². The molecule has 0 saturated carbocycles. The van der Waals surface area contributed by atoms with Gasteiger partial charge in [-0.25, -0.2) is 4.79 Å². The molecule has 6 nitrogen and oxygen atoms in total. The lowest BCUT2D eigenvalue weighted by molar-refractivity contribution is -0.140. The number of aliphatic carboxylic acids is 1. The number of rotatable bonds is 6. The standard InChI is InChI=1S/C17H20Cl2N2O4/c1-17(2,3)25-7-6-12(16(23)24)21-15(22)14-13(19)10-8-9(18)4-5-11(10)20-14/h4-5,8,12,20H,6-7H2,1-3H3,(H,21,22)(H,23,24). The molecule has 0 spiro atoms. The van der Waals surface area contributed by atoms with E-state index in [4.69, 9.17) is 27.9 Å². The number of halogens is 2. The van der Waals surface area contributed by atoms with Crippen LogP contribution in [0.2, 0.25) is 10.0 Å². The Morgan fingerprint density at radius 1 is 1.32 bits per heavy atom. The Labute approximate surface area is 155 Å². The second kappa shape index (κ2) is 7.64. The number of H-pyrrole nitrogens is 1. The maximum absolute atomic E-state index is 12.4. The molecule has 1 atom stereocenters. The van der Waals surface area contributed by atoms with E-state index in [0.29, 0.717) is 15.9 Å². The number of hydrogen-bond donors (Lipinski definition) is 3. The highest BCUT2D eigenvalue weighted by Gasteiger charge is 2.24. The number of aromatic amines is 1. The molecule has 0 aliphatic heterocycles. The predicted octanol–water partition coefficient (Wildman–Crippen LogP) is 3.86. The Morgan fingerprint density at radius 3 is 2.60 bits per heavy atom. The maximum atomic E-state index is 12.4. The summed E-state index contributed by atoms with van der Waals surface area (Å²) in [4.78, 5) is 26.7. The van der Waals surface area contributed by atoms with E-state index in [-0.39, 0.29) is 29.3 Å². The van der Waals surface area contributed by atoms with Gasteiger partial charge in [0.1, 0.15) is 11.7 Å². The summed E-state index contributed by atoms with van der Waals surface area (Å²) < 4.78 is 5.52. The summed E-state index contributed by atoms with van der Waals surface area (Å²) in [6.07, 6.45) is 0.141. The topological polar surface area (TPSA) is 91.4 Å². The first-order chi connectivity index (χ1) is 11.6. The molecule has 0 saturated heterocycles. The van der Waals surface area contributed by atoms with Gasteiger partial charge in [0.25, 0.3) is 5.91 Å². The van der Waals surface area contributed by atoms with Crippen molar-refractivity contribution in [2.45, 2.75) is 38.8 Å². The van der Waals surface area contributed by atoms with Crippen LogP contribution in [-0.4, -0.2) is 40.2 Å². The van der Waals surface area contributed by atoms with Crippen LogP contribution in [0.3, 0.4) is 0 Å². The number of hydrogen-bond acceptors (Lipinski definition) is 3. The summed E-state index contributed by atoms with van der Waals surface area (Å²) in [5.41, 5.74) is 0.358. The monoisotopic (exact) mass is 386 g/mol. The smallest absolute Gasteiger partial charge is 0.326 e. The molecule has 1 heterocycles. The van der Waals surface area contributed by atoms with Crippen LogP contribution in [-0.2, 0) is 9.53 Å². The Hall–Kier alpha value is -1.76. The lowest BCUT2D eigenvalue weighted by atomic mass is 10.1. The quantitative estimate of drug-likeness (QED) is 0.702. The number of benzene rings is 1. The van der Waals surface area contributed by atoms with E-state index in [2.05, 4.69) is 10.3 Å². The lowest BCUT2D eigenvalue weighted by Crippen LogP contribution is -2.42. The highest BCUT2D eigenvalue weighted by Crippen LogP contribution is 2.29. The van der Waals surface area contributed by atoms with Crippen molar-refractivity contribution in [1.82, 2.24) is 10.3 Å². The van der Waals surface area contributed by atoms with Gasteiger partial charge in [0.05, 0.1) is 10.6 Å². The van der Waals surface area contributed by atoms with Crippen LogP contribution < -0.4 is 5.32 Å². The molecule has 2 aromatic rings. The Bertz CT molecular complexity index is 796. The van der Waals surface area contributed by atoms with Gasteiger partial charge >= 0.3 is 5.97 Å². The fourth-order valence-electron chi connectivity index (χ4n) is 2.26. The minimum Gasteiger partial charge on any atom is -0.480 e. The molecule has 1 aromatic carbocycles. The number of aromatic nitrogens is 1. The van der Waals surface area contributed by atoms with E-state index >= 15 is 0 Å². The highest BCUT2D eigenvalue weighted by atomic mass is 35.5. The molecule has 136 valence electrons. The fraction of sp³-hybridized carbons (Fsp3) is 0.412. The van der Waals surface area contributed by atoms with Crippen molar-refractivity contribution in [2.75, 3.05) is 6.61 Å². The summed E-state index contributed by atoms with van der Waals surface area (Å²) in [6.45, 7) is 5.82. The number of carboxylic acid groups (broad SMARTS) is 1. The van der Waals surface area contributed by atoms with Gasteiger partial charge in [-0.15, -0.1) is 0 Å². The molecular weight excluding hydrogens is 367 g/mol. The van der Waals surface area contributed by atoms with Crippen LogP contribution in [0.1, 0.15) is 37.7 Å². The normalized spacial score (nSPS) is 13.0. The molecule has 0 aliphatic rings. The second-order valence-corrected chi connectivity index (χ2v) is 7.43. The lowest BCUT2D eigenvalue weighted by Gasteiger charge is -2.21. The zero-order valence-corrected chi connectivity index (χ0v) is 15.7. The van der Waals surface area contributed by atoms with E-state index in [0.717, 1.165) is 0 Å². The first-order valence-electron chi connectivity index (χ1n) is 7.73. The van der Waals surface area contributed by atoms with Crippen LogP contribution in [0.15, 0.2) is 18.2 Å². The third-order valence-corrected chi connectivity index (χ3v) is 4.10. The molecular formula is C17H20Cl2N2O4. The van der Waals surface area contributed by atoms with Crippen LogP contribution >= 0.6 is 23.2 Å². The molecule has 0 radical (unpaired) electrons. The summed E-state index contributed by atoms with van der Waals surface area (Å²) >= 11 is 12.2. The summed E-state index contributed by atoms with van der Waals surface area (Å²) in [7, 11) is 0. The minimum atomic E-state index is -1.14. The molecule has 0 bridgehead atoms. The van der Waals surface area contributed by atoms with E-state index in [1.807, 2.05) is 20.8 Å². The molecule has 0 fully saturated rings. The van der Waals surface area contributed by atoms with Crippen molar-refractivity contribution in [3.8, 4) is 0 Å². The number of carbonyl (C=O) groups is 2. The van der Waals surface area contributed by atoms with Gasteiger partial charge in [0, 0.05) is 29.0 Å². The molecule has 1 aromatic heterocycles. The number of amides is 1. The molecule has 25 heavy (non-hydrogen) atoms. The second-order valence-electron chi connectivity index (χ2n) is 6.62. The molecule has 3 N–H and O–H groups in total. The zero-order chi connectivity index (χ0) is 18.8. The third-order valence-electron chi connectivity index (χ3n) is 3.47. The third kappa shape index (κ3) is 5.11. The summed E-state index contributed by atoms with van der Waals surface area (Å²) in [5, 5.41) is 13.1. The molecule has 0 aliphatic carbocycles. The van der Waals surface area contributed by atoms with Crippen molar-refractivity contribution in [3.63, 3.8) is 0 Å². The van der Waals surface area contributed by atoms with E-state index in [1.165, 1.54) is 0 Å². The minimum absolute atomic E-state index is 0.0990. The average molecular weight is 387 g/mol. The Morgan fingerprint density at radius 2 is 2.00 bits per heavy atom. The largest absolute Gasteiger partial charge is 0.480 e. The average Bonchev–Trinajstić information content (AvgIpc) is 2.81. The number of ether oxygens (including phenoxy) is 1. The molecule has 2 rings (SSSR count). The van der Waals surface area contributed by atoms with E-state index in [1.54, 1.807) is 18.2 Å². The zero-order valence-electron chi connectivity index (χ0n) is 14.2. The van der Waals surface area contributed by atoms with Gasteiger partial charge in [-0.1, -0.05) is 23.2 Å². The first kappa shape index (κ1) is 19.6. The van der Waals surface area contributed by atoms with Gasteiger partial charge in [0.2, 0.25) is 0 Å². The summed E-state index contributed by atoms with van der Waals surface area (Å²) in [6, 6.07) is 3.92. The highest BCUT2D eigenvalue weighted by molar-refractivity contribution is 6.39. The first-order valence-corrected chi connectivity index (χ1v) is 8.48. The van der Waals surface area contributed by atoms with Crippen molar-refractivity contribution >= 4 is 46.0 Å². The van der Waals surface area contributed by atoms with Gasteiger partial charge in [-0.3, -0.25) is 4.79 Å².